The van der Waals surface area contributed by atoms with Gasteiger partial charge in [-0.2, -0.15) is 0 Å². The summed E-state index contributed by atoms with van der Waals surface area (Å²) in [4.78, 5) is 22.7. The van der Waals surface area contributed by atoms with Gasteiger partial charge in [0, 0.05) is 11.6 Å². The summed E-state index contributed by atoms with van der Waals surface area (Å²) in [6, 6.07) is 4.04. The predicted molar refractivity (Wildman–Crippen MR) is 74.4 cm³/mol. The average molecular weight is 281 g/mol. The van der Waals surface area contributed by atoms with Crippen LogP contribution in [0.15, 0.2) is 18.2 Å². The molecule has 1 rings (SSSR count). The second-order valence-electron chi connectivity index (χ2n) is 4.57. The number of halogens is 1. The van der Waals surface area contributed by atoms with Crippen LogP contribution >= 0.6 is 0 Å². The Balaban J connectivity index is 2.57. The topological polar surface area (TPSA) is 55.4 Å². The SMILES string of the molecule is CCC(CC)NC(=O)COc1ccc(C(C)=O)cc1F. The highest BCUT2D eigenvalue weighted by Crippen LogP contribution is 2.18. The van der Waals surface area contributed by atoms with Crippen LogP contribution in [0, 0.1) is 5.82 Å². The zero-order valence-electron chi connectivity index (χ0n) is 12.0. The van der Waals surface area contributed by atoms with Gasteiger partial charge in [0.1, 0.15) is 0 Å². The van der Waals surface area contributed by atoms with Crippen molar-refractivity contribution in [2.45, 2.75) is 39.7 Å². The molecule has 1 amide bonds. The van der Waals surface area contributed by atoms with Crippen molar-refractivity contribution in [1.82, 2.24) is 5.32 Å². The molecule has 1 N–H and O–H groups in total. The molecule has 0 fully saturated rings. The number of carbonyl (C=O) groups excluding carboxylic acids is 2. The fraction of sp³-hybridized carbons (Fsp3) is 0.467. The van der Waals surface area contributed by atoms with Crippen molar-refractivity contribution in [3.05, 3.63) is 29.6 Å². The van der Waals surface area contributed by atoms with Gasteiger partial charge in [-0.25, -0.2) is 4.39 Å². The first-order valence-electron chi connectivity index (χ1n) is 6.70. The Labute approximate surface area is 118 Å². The van der Waals surface area contributed by atoms with Crippen LogP contribution in [0.5, 0.6) is 5.75 Å². The maximum Gasteiger partial charge on any atom is 0.258 e. The molecule has 0 aliphatic rings. The van der Waals surface area contributed by atoms with Crippen molar-refractivity contribution in [3.63, 3.8) is 0 Å². The van der Waals surface area contributed by atoms with Gasteiger partial charge in [0.2, 0.25) is 0 Å². The van der Waals surface area contributed by atoms with E-state index in [0.717, 1.165) is 18.9 Å². The van der Waals surface area contributed by atoms with Crippen LogP contribution in [0.3, 0.4) is 0 Å². The summed E-state index contributed by atoms with van der Waals surface area (Å²) < 4.78 is 18.8. The minimum absolute atomic E-state index is 0.0327. The Kier molecular flexibility index (Phi) is 6.15. The molecular weight excluding hydrogens is 261 g/mol. The normalized spacial score (nSPS) is 10.4. The molecular formula is C15H20FNO3. The molecule has 1 aromatic carbocycles. The van der Waals surface area contributed by atoms with E-state index < -0.39 is 5.82 Å². The number of ketones is 1. The van der Waals surface area contributed by atoms with Crippen molar-refractivity contribution in [2.75, 3.05) is 6.61 Å². The number of amides is 1. The van der Waals surface area contributed by atoms with Crippen LogP contribution in [0.25, 0.3) is 0 Å². The quantitative estimate of drug-likeness (QED) is 0.782. The van der Waals surface area contributed by atoms with E-state index in [9.17, 15) is 14.0 Å². The molecule has 0 aliphatic heterocycles. The Morgan fingerprint density at radius 3 is 2.45 bits per heavy atom. The van der Waals surface area contributed by atoms with E-state index in [0.29, 0.717) is 0 Å². The lowest BCUT2D eigenvalue weighted by molar-refractivity contribution is -0.123. The molecule has 0 spiro atoms. The second kappa shape index (κ2) is 7.62. The second-order valence-corrected chi connectivity index (χ2v) is 4.57. The van der Waals surface area contributed by atoms with Crippen molar-refractivity contribution < 1.29 is 18.7 Å². The van der Waals surface area contributed by atoms with Gasteiger partial charge >= 0.3 is 0 Å². The molecule has 20 heavy (non-hydrogen) atoms. The maximum absolute atomic E-state index is 13.6. The van der Waals surface area contributed by atoms with E-state index in [4.69, 9.17) is 4.74 Å². The van der Waals surface area contributed by atoms with Gasteiger partial charge in [0.25, 0.3) is 5.91 Å². The number of nitrogens with one attached hydrogen (secondary N) is 1. The zero-order chi connectivity index (χ0) is 15.1. The number of ether oxygens (including phenoxy) is 1. The molecule has 0 atom stereocenters. The highest BCUT2D eigenvalue weighted by Gasteiger charge is 2.11. The molecule has 0 heterocycles. The first-order chi connectivity index (χ1) is 9.47. The lowest BCUT2D eigenvalue weighted by Gasteiger charge is -2.15. The van der Waals surface area contributed by atoms with Crippen LogP contribution < -0.4 is 10.1 Å². The summed E-state index contributed by atoms with van der Waals surface area (Å²) in [5.74, 6) is -1.18. The van der Waals surface area contributed by atoms with Crippen LogP contribution in [-0.2, 0) is 4.79 Å². The van der Waals surface area contributed by atoms with Crippen LogP contribution in [0.2, 0.25) is 0 Å². The fourth-order valence-corrected chi connectivity index (χ4v) is 1.74. The molecule has 0 aromatic heterocycles. The molecule has 1 aromatic rings. The van der Waals surface area contributed by atoms with Gasteiger partial charge in [0.05, 0.1) is 0 Å². The summed E-state index contributed by atoms with van der Waals surface area (Å²) >= 11 is 0. The van der Waals surface area contributed by atoms with Gasteiger partial charge in [-0.05, 0) is 38.0 Å². The van der Waals surface area contributed by atoms with Crippen molar-refractivity contribution in [3.8, 4) is 5.75 Å². The minimum Gasteiger partial charge on any atom is -0.481 e. The van der Waals surface area contributed by atoms with Crippen molar-refractivity contribution in [2.24, 2.45) is 0 Å². The molecule has 0 bridgehead atoms. The fourth-order valence-electron chi connectivity index (χ4n) is 1.74. The smallest absolute Gasteiger partial charge is 0.258 e. The van der Waals surface area contributed by atoms with Crippen LogP contribution in [0.4, 0.5) is 4.39 Å². The van der Waals surface area contributed by atoms with E-state index in [1.54, 1.807) is 0 Å². The summed E-state index contributed by atoms with van der Waals surface area (Å²) in [5, 5.41) is 2.80. The van der Waals surface area contributed by atoms with E-state index in [2.05, 4.69) is 5.32 Å². The Hall–Kier alpha value is -1.91. The van der Waals surface area contributed by atoms with E-state index >= 15 is 0 Å². The number of hydrogen-bond acceptors (Lipinski definition) is 3. The third-order valence-corrected chi connectivity index (χ3v) is 3.05. The molecule has 0 saturated carbocycles. The number of Topliss-reactive ketones (excluding diaryl/α,β-unsaturated/α-hetero) is 1. The third-order valence-electron chi connectivity index (χ3n) is 3.05. The number of hydrogen-bond donors (Lipinski definition) is 1. The van der Waals surface area contributed by atoms with Crippen LogP contribution in [-0.4, -0.2) is 24.3 Å². The molecule has 5 heteroatoms. The molecule has 0 radical (unpaired) electrons. The Morgan fingerprint density at radius 2 is 1.95 bits per heavy atom. The third kappa shape index (κ3) is 4.64. The molecule has 110 valence electrons. The van der Waals surface area contributed by atoms with Gasteiger partial charge in [0.15, 0.2) is 24.0 Å². The zero-order valence-corrected chi connectivity index (χ0v) is 12.0. The van der Waals surface area contributed by atoms with Crippen molar-refractivity contribution >= 4 is 11.7 Å². The summed E-state index contributed by atoms with van der Waals surface area (Å²) in [6.45, 7) is 5.08. The molecule has 0 unspecified atom stereocenters. The predicted octanol–water partition coefficient (Wildman–Crippen LogP) is 2.71. The van der Waals surface area contributed by atoms with E-state index in [1.807, 2.05) is 13.8 Å². The van der Waals surface area contributed by atoms with Gasteiger partial charge < -0.3 is 10.1 Å². The number of carbonyl (C=O) groups is 2. The van der Waals surface area contributed by atoms with E-state index in [1.165, 1.54) is 19.1 Å². The van der Waals surface area contributed by atoms with Gasteiger partial charge in [-0.3, -0.25) is 9.59 Å². The Bertz CT molecular complexity index is 484. The lowest BCUT2D eigenvalue weighted by atomic mass is 10.1. The number of rotatable bonds is 7. The number of benzene rings is 1. The summed E-state index contributed by atoms with van der Waals surface area (Å²) in [6.07, 6.45) is 1.67. The largest absolute Gasteiger partial charge is 0.481 e. The lowest BCUT2D eigenvalue weighted by Crippen LogP contribution is -2.37. The summed E-state index contributed by atoms with van der Waals surface area (Å²) in [7, 11) is 0. The van der Waals surface area contributed by atoms with Crippen molar-refractivity contribution in [1.29, 1.82) is 0 Å². The highest BCUT2D eigenvalue weighted by atomic mass is 19.1. The van der Waals surface area contributed by atoms with Gasteiger partial charge in [-0.15, -0.1) is 0 Å². The first-order valence-corrected chi connectivity index (χ1v) is 6.70. The molecule has 0 aliphatic carbocycles. The van der Waals surface area contributed by atoms with Gasteiger partial charge in [-0.1, -0.05) is 13.8 Å². The highest BCUT2D eigenvalue weighted by molar-refractivity contribution is 5.94. The summed E-state index contributed by atoms with van der Waals surface area (Å²) in [5.41, 5.74) is 0.274. The maximum atomic E-state index is 13.6. The average Bonchev–Trinajstić information content (AvgIpc) is 2.43. The molecule has 0 saturated heterocycles. The minimum atomic E-state index is -0.645. The standard InChI is InChI=1S/C15H20FNO3/c1-4-12(5-2)17-15(19)9-20-14-7-6-11(10(3)18)8-13(14)16/h6-8,12H,4-5,9H2,1-3H3,(H,17,19). The molecule has 4 nitrogen and oxygen atoms in total. The first kappa shape index (κ1) is 16.1. The van der Waals surface area contributed by atoms with E-state index in [-0.39, 0.29) is 35.7 Å². The van der Waals surface area contributed by atoms with Crippen LogP contribution in [0.1, 0.15) is 44.0 Å². The monoisotopic (exact) mass is 281 g/mol. The Morgan fingerprint density at radius 1 is 1.30 bits per heavy atom.